The maximum absolute atomic E-state index is 16.3. The van der Waals surface area contributed by atoms with E-state index >= 15 is 4.39 Å². The van der Waals surface area contributed by atoms with Gasteiger partial charge in [-0.3, -0.25) is 34.1 Å². The Hall–Kier alpha value is -6.24. The number of hydrogen-bond donors (Lipinski definition) is 7. The molecule has 19 heteroatoms. The fraction of sp³-hybridized carbons (Fsp3) is 0.450. The summed E-state index contributed by atoms with van der Waals surface area (Å²) in [7, 11) is 0. The van der Waals surface area contributed by atoms with Gasteiger partial charge in [0.05, 0.1) is 33.3 Å². The van der Waals surface area contributed by atoms with Crippen LogP contribution >= 0.6 is 34.5 Å². The Kier molecular flexibility index (Phi) is 17.6. The second kappa shape index (κ2) is 24.2. The second-order valence-corrected chi connectivity index (χ2v) is 24.3. The molecule has 2 saturated heterocycles. The largest absolute Gasteiger partial charge is 0.391 e. The van der Waals surface area contributed by atoms with Gasteiger partial charge in [-0.15, -0.1) is 11.3 Å². The Morgan fingerprint density at radius 1 is 0.899 bits per heavy atom. The monoisotopic (exact) mass is 1130 g/mol. The molecule has 9 rings (SSSR count). The zero-order valence-corrected chi connectivity index (χ0v) is 47.3. The summed E-state index contributed by atoms with van der Waals surface area (Å²) in [6, 6.07) is 21.4. The topological polar surface area (TPSA) is 211 Å². The summed E-state index contributed by atoms with van der Waals surface area (Å²) < 4.78 is 16.3. The van der Waals surface area contributed by atoms with Gasteiger partial charge in [-0.2, -0.15) is 0 Å². The highest BCUT2D eigenvalue weighted by Crippen LogP contribution is 2.63. The maximum atomic E-state index is 16.3. The van der Waals surface area contributed by atoms with Crippen molar-refractivity contribution in [3.63, 3.8) is 0 Å². The first-order valence-corrected chi connectivity index (χ1v) is 29.0. The lowest BCUT2D eigenvalue weighted by molar-refractivity contribution is -0.144. The molecule has 418 valence electrons. The molecule has 1 saturated carbocycles. The molecular weight excluding hydrogens is 1070 g/mol. The van der Waals surface area contributed by atoms with Crippen LogP contribution in [0.2, 0.25) is 10.0 Å². The molecule has 2 spiro atoms. The van der Waals surface area contributed by atoms with Gasteiger partial charge >= 0.3 is 0 Å². The smallest absolute Gasteiger partial charge is 0.251 e. The van der Waals surface area contributed by atoms with Crippen LogP contribution < -0.4 is 31.9 Å². The molecule has 15 nitrogen and oxygen atoms in total. The number of likely N-dealkylation sites (tertiary alicyclic amines) is 1. The first kappa shape index (κ1) is 57.4. The Bertz CT molecular complexity index is 3090. The van der Waals surface area contributed by atoms with E-state index in [1.807, 2.05) is 63.5 Å². The highest BCUT2D eigenvalue weighted by atomic mass is 35.5. The number of aliphatic hydroxyl groups is 1. The van der Waals surface area contributed by atoms with Gasteiger partial charge in [0.15, 0.2) is 0 Å². The number of aromatic nitrogens is 1. The van der Waals surface area contributed by atoms with Gasteiger partial charge < -0.3 is 36.6 Å². The molecule has 4 aliphatic rings. The fourth-order valence-electron chi connectivity index (χ4n) is 12.4. The van der Waals surface area contributed by atoms with Crippen molar-refractivity contribution >= 4 is 81.4 Å². The minimum atomic E-state index is -1.37. The van der Waals surface area contributed by atoms with Crippen LogP contribution in [0.25, 0.3) is 10.4 Å². The van der Waals surface area contributed by atoms with Gasteiger partial charge in [0.1, 0.15) is 23.3 Å². The predicted molar refractivity (Wildman–Crippen MR) is 305 cm³/mol. The van der Waals surface area contributed by atoms with Crippen molar-refractivity contribution in [3.8, 4) is 10.4 Å². The lowest BCUT2D eigenvalue weighted by Crippen LogP contribution is -2.60. The lowest BCUT2D eigenvalue weighted by atomic mass is 9.55. The molecule has 6 amide bonds. The number of amides is 6. The minimum absolute atomic E-state index is 0.00995. The van der Waals surface area contributed by atoms with E-state index in [1.54, 1.807) is 59.9 Å². The Morgan fingerprint density at radius 2 is 1.62 bits per heavy atom. The number of carbonyl (C=O) groups is 6. The van der Waals surface area contributed by atoms with E-state index in [0.717, 1.165) is 60.2 Å². The third-order valence-electron chi connectivity index (χ3n) is 16.3. The third kappa shape index (κ3) is 12.0. The van der Waals surface area contributed by atoms with E-state index < -0.39 is 64.1 Å². The summed E-state index contributed by atoms with van der Waals surface area (Å²) in [5.41, 5.74) is 3.93. The molecule has 3 aliphatic heterocycles. The number of aryl methyl sites for hydroxylation is 1. The molecular formula is C60H69Cl2FN8O7S. The van der Waals surface area contributed by atoms with Crippen molar-refractivity contribution in [1.29, 1.82) is 0 Å². The SMILES string of the molecule is Cc1ncsc1-c1ccc(CNC(=O)[C@@H]2C[C@@H](O)CN2C(=O)[C@@H](NC(=O)CCCCCCCNC(=O)c2ccc(NC(=O)[C@@H]3NC4(CCCCC4)[C@@]4(C(=O)Nc5cc(Cl)ccc54)[C@H]3c3cccc(Cl)c3F)cc2)C(C)(C)C)cc1. The second-order valence-electron chi connectivity index (χ2n) is 22.6. The zero-order chi connectivity index (χ0) is 56.2. The van der Waals surface area contributed by atoms with Crippen LogP contribution in [-0.2, 0) is 35.9 Å². The molecule has 1 aromatic heterocycles. The third-order valence-corrected chi connectivity index (χ3v) is 17.8. The molecule has 6 atom stereocenters. The molecule has 1 aliphatic carbocycles. The van der Waals surface area contributed by atoms with E-state index in [0.29, 0.717) is 59.8 Å². The van der Waals surface area contributed by atoms with Gasteiger partial charge in [-0.25, -0.2) is 9.37 Å². The van der Waals surface area contributed by atoms with Crippen LogP contribution in [0.5, 0.6) is 0 Å². The van der Waals surface area contributed by atoms with Crippen molar-refractivity contribution in [2.75, 3.05) is 23.7 Å². The summed E-state index contributed by atoms with van der Waals surface area (Å²) in [6.07, 6.45) is 6.90. The van der Waals surface area contributed by atoms with Crippen molar-refractivity contribution in [1.82, 2.24) is 31.2 Å². The number of fused-ring (bicyclic) bond motifs is 3. The molecule has 3 fully saturated rings. The number of aliphatic hydroxyl groups excluding tert-OH is 1. The molecule has 79 heavy (non-hydrogen) atoms. The van der Waals surface area contributed by atoms with Gasteiger partial charge in [-0.1, -0.05) is 125 Å². The van der Waals surface area contributed by atoms with Crippen LogP contribution in [0.1, 0.15) is 136 Å². The number of nitrogens with one attached hydrogen (secondary N) is 6. The number of carbonyl (C=O) groups excluding carboxylic acids is 6. The van der Waals surface area contributed by atoms with Crippen LogP contribution in [-0.4, -0.2) is 93.3 Å². The predicted octanol–water partition coefficient (Wildman–Crippen LogP) is 9.73. The molecule has 4 aromatic carbocycles. The van der Waals surface area contributed by atoms with Crippen LogP contribution in [0.15, 0.2) is 90.4 Å². The Balaban J connectivity index is 0.727. The standard InChI is InChI=1S/C60H69Cl2FN8O7S/c1-35-51(79-34-66-35)37-19-17-36(18-20-37)32-65-54(75)46-31-41(72)33-71(46)56(77)52(58(2,3)4)69-47(73)16-9-6-5-7-12-29-64-53(74)38-21-24-40(25-22-38)67-55(76)50-48(42-14-13-15-44(62)49(42)63)60(59(70-50)27-10-8-11-28-59)43-26-23-39(61)30-45(43)68-57(60)78/h13-15,17-26,30,34,41,46,48,50,52,70,72H,5-12,16,27-29,31-33H2,1-4H3,(H,64,74)(H,65,75)(H,67,76)(H,68,78)(H,69,73)/t41-,46+,48+,50-,52-,60-/m1/s1. The average Bonchev–Trinajstić information content (AvgIpc) is 2.09. The van der Waals surface area contributed by atoms with Gasteiger partial charge in [0, 0.05) is 65.9 Å². The number of anilines is 2. The number of halogens is 3. The Morgan fingerprint density at radius 3 is 2.33 bits per heavy atom. The van der Waals surface area contributed by atoms with Crippen molar-refractivity contribution in [3.05, 3.63) is 134 Å². The van der Waals surface area contributed by atoms with Crippen LogP contribution in [0, 0.1) is 18.2 Å². The van der Waals surface area contributed by atoms with Crippen molar-refractivity contribution in [2.45, 2.75) is 152 Å². The van der Waals surface area contributed by atoms with Gasteiger partial charge in [0.25, 0.3) is 5.91 Å². The number of nitrogens with zero attached hydrogens (tertiary/aromatic N) is 2. The number of thiazole rings is 1. The first-order chi connectivity index (χ1) is 37.8. The normalized spacial score (nSPS) is 21.6. The molecule has 0 bridgehead atoms. The highest BCUT2D eigenvalue weighted by Gasteiger charge is 2.72. The summed E-state index contributed by atoms with van der Waals surface area (Å²) >= 11 is 14.4. The Labute approximate surface area is 474 Å². The van der Waals surface area contributed by atoms with E-state index in [1.165, 1.54) is 11.0 Å². The minimum Gasteiger partial charge on any atom is -0.391 e. The molecule has 0 radical (unpaired) electrons. The zero-order valence-electron chi connectivity index (χ0n) is 45.0. The maximum Gasteiger partial charge on any atom is 0.251 e. The number of benzene rings is 4. The highest BCUT2D eigenvalue weighted by molar-refractivity contribution is 7.13. The fourth-order valence-corrected chi connectivity index (χ4v) is 13.6. The molecule has 5 aromatic rings. The first-order valence-electron chi connectivity index (χ1n) is 27.4. The van der Waals surface area contributed by atoms with Gasteiger partial charge in [-0.05, 0) is 103 Å². The number of rotatable bonds is 18. The summed E-state index contributed by atoms with van der Waals surface area (Å²) in [6.45, 7) is 8.21. The molecule has 7 N–H and O–H groups in total. The van der Waals surface area contributed by atoms with E-state index in [4.69, 9.17) is 23.2 Å². The molecule has 0 unspecified atom stereocenters. The summed E-state index contributed by atoms with van der Waals surface area (Å²) in [5, 5.41) is 29.4. The number of unbranched alkanes of at least 4 members (excludes halogenated alkanes) is 4. The van der Waals surface area contributed by atoms with Gasteiger partial charge in [0.2, 0.25) is 29.5 Å². The number of β-amino-alcohol motifs (C(OH)–C–C–N with tert-alkyl or cyclic N) is 1. The van der Waals surface area contributed by atoms with Crippen LogP contribution in [0.3, 0.4) is 0 Å². The van der Waals surface area contributed by atoms with E-state index in [9.17, 15) is 33.9 Å². The van der Waals surface area contributed by atoms with Crippen molar-refractivity contribution in [2.24, 2.45) is 5.41 Å². The summed E-state index contributed by atoms with van der Waals surface area (Å²) in [4.78, 5) is 90.2. The lowest BCUT2D eigenvalue weighted by Gasteiger charge is -2.47. The van der Waals surface area contributed by atoms with Crippen LogP contribution in [0.4, 0.5) is 15.8 Å². The quantitative estimate of drug-likeness (QED) is 0.0416. The summed E-state index contributed by atoms with van der Waals surface area (Å²) in [5.74, 6) is -3.80. The van der Waals surface area contributed by atoms with Crippen molar-refractivity contribution < 1.29 is 38.3 Å². The van der Waals surface area contributed by atoms with E-state index in [2.05, 4.69) is 36.9 Å². The molecule has 4 heterocycles. The number of hydrogen-bond acceptors (Lipinski definition) is 10. The average molecular weight is 1140 g/mol. The van der Waals surface area contributed by atoms with E-state index in [-0.39, 0.29) is 60.1 Å².